The van der Waals surface area contributed by atoms with E-state index in [1.807, 2.05) is 23.5 Å². The van der Waals surface area contributed by atoms with Crippen LogP contribution < -0.4 is 5.32 Å². The monoisotopic (exact) mass is 253 g/mol. The second kappa shape index (κ2) is 5.99. The van der Waals surface area contributed by atoms with Crippen molar-refractivity contribution in [2.75, 3.05) is 19.1 Å². The van der Waals surface area contributed by atoms with E-state index in [4.69, 9.17) is 0 Å². The highest BCUT2D eigenvalue weighted by molar-refractivity contribution is 7.99. The summed E-state index contributed by atoms with van der Waals surface area (Å²) >= 11 is 3.69. The number of thioether (sulfide) groups is 2. The third-order valence-electron chi connectivity index (χ3n) is 3.12. The maximum atomic E-state index is 3.57. The molecule has 1 N–H and O–H groups in total. The highest BCUT2D eigenvalue weighted by atomic mass is 32.2. The zero-order chi connectivity index (χ0) is 11.4. The van der Waals surface area contributed by atoms with E-state index < -0.39 is 0 Å². The topological polar surface area (TPSA) is 12.0 Å². The van der Waals surface area contributed by atoms with Gasteiger partial charge in [-0.25, -0.2) is 0 Å². The van der Waals surface area contributed by atoms with Gasteiger partial charge in [0.25, 0.3) is 0 Å². The lowest BCUT2D eigenvalue weighted by Gasteiger charge is -2.13. The van der Waals surface area contributed by atoms with Gasteiger partial charge in [0.05, 0.1) is 0 Å². The summed E-state index contributed by atoms with van der Waals surface area (Å²) in [7, 11) is 0. The Labute approximate surface area is 107 Å². The molecule has 1 aromatic carbocycles. The van der Waals surface area contributed by atoms with Gasteiger partial charge in [0, 0.05) is 15.8 Å². The summed E-state index contributed by atoms with van der Waals surface area (Å²) in [5.41, 5.74) is 1.50. The summed E-state index contributed by atoms with van der Waals surface area (Å²) in [6.45, 7) is 1.20. The molecule has 1 heterocycles. The molecule has 3 heteroatoms. The van der Waals surface area contributed by atoms with Crippen LogP contribution in [0.4, 0.5) is 0 Å². The number of benzene rings is 1. The van der Waals surface area contributed by atoms with E-state index in [9.17, 15) is 0 Å². The van der Waals surface area contributed by atoms with Crippen molar-refractivity contribution in [3.05, 3.63) is 23.8 Å². The number of hydrogen-bond acceptors (Lipinski definition) is 3. The van der Waals surface area contributed by atoms with Gasteiger partial charge in [0.2, 0.25) is 0 Å². The Balaban J connectivity index is 2.12. The quantitative estimate of drug-likeness (QED) is 0.826. The van der Waals surface area contributed by atoms with Gasteiger partial charge in [-0.15, -0.1) is 23.5 Å². The normalized spacial score (nSPS) is 20.2. The van der Waals surface area contributed by atoms with Crippen LogP contribution in [0.5, 0.6) is 0 Å². The van der Waals surface area contributed by atoms with Crippen LogP contribution in [0.15, 0.2) is 28.0 Å². The van der Waals surface area contributed by atoms with Crippen molar-refractivity contribution >= 4 is 23.5 Å². The van der Waals surface area contributed by atoms with Gasteiger partial charge < -0.3 is 5.32 Å². The molecular formula is C13H19NS2. The van der Waals surface area contributed by atoms with Crippen molar-refractivity contribution in [3.8, 4) is 0 Å². The van der Waals surface area contributed by atoms with Crippen molar-refractivity contribution in [2.24, 2.45) is 0 Å². The summed E-state index contributed by atoms with van der Waals surface area (Å²) < 4.78 is 0. The van der Waals surface area contributed by atoms with E-state index in [1.54, 1.807) is 0 Å². The Kier molecular flexibility index (Phi) is 4.62. The average Bonchev–Trinajstić information content (AvgIpc) is 2.82. The lowest BCUT2D eigenvalue weighted by atomic mass is 10.0. The Morgan fingerprint density at radius 1 is 1.31 bits per heavy atom. The molecule has 1 saturated heterocycles. The van der Waals surface area contributed by atoms with Crippen LogP contribution in [0.25, 0.3) is 0 Å². The summed E-state index contributed by atoms with van der Waals surface area (Å²) in [6.07, 6.45) is 8.16. The van der Waals surface area contributed by atoms with Crippen molar-refractivity contribution < 1.29 is 0 Å². The minimum Gasteiger partial charge on any atom is -0.314 e. The largest absolute Gasteiger partial charge is 0.314 e. The van der Waals surface area contributed by atoms with E-state index in [1.165, 1.54) is 41.2 Å². The molecule has 1 atom stereocenters. The fraction of sp³-hybridized carbons (Fsp3) is 0.538. The van der Waals surface area contributed by atoms with Crippen molar-refractivity contribution in [3.63, 3.8) is 0 Å². The van der Waals surface area contributed by atoms with Gasteiger partial charge in [0.15, 0.2) is 0 Å². The van der Waals surface area contributed by atoms with E-state index in [2.05, 4.69) is 36.0 Å². The van der Waals surface area contributed by atoms with Crippen LogP contribution in [-0.4, -0.2) is 25.1 Å². The highest BCUT2D eigenvalue weighted by Crippen LogP contribution is 2.27. The van der Waals surface area contributed by atoms with E-state index in [0.717, 1.165) is 0 Å². The molecule has 16 heavy (non-hydrogen) atoms. The standard InChI is InChI=1S/C13H19NS2/c1-15-12-6-5-10(13(9-12)16-2)8-11-4-3-7-14-11/h5-6,9,11,14H,3-4,7-8H2,1-2H3. The first kappa shape index (κ1) is 12.3. The maximum Gasteiger partial charge on any atom is 0.0113 e. The fourth-order valence-electron chi connectivity index (χ4n) is 2.22. The van der Waals surface area contributed by atoms with Gasteiger partial charge in [-0.3, -0.25) is 0 Å². The van der Waals surface area contributed by atoms with Crippen molar-refractivity contribution in [1.82, 2.24) is 5.32 Å². The first-order valence-corrected chi connectivity index (χ1v) is 8.22. The summed E-state index contributed by atoms with van der Waals surface area (Å²) in [6, 6.07) is 7.57. The third-order valence-corrected chi connectivity index (χ3v) is 4.67. The molecule has 2 rings (SSSR count). The molecule has 0 aliphatic carbocycles. The Morgan fingerprint density at radius 3 is 2.81 bits per heavy atom. The molecule has 0 aromatic heterocycles. The van der Waals surface area contributed by atoms with Crippen LogP contribution in [0.1, 0.15) is 18.4 Å². The fourth-order valence-corrected chi connectivity index (χ4v) is 3.39. The van der Waals surface area contributed by atoms with Gasteiger partial charge in [-0.2, -0.15) is 0 Å². The predicted molar refractivity (Wildman–Crippen MR) is 74.7 cm³/mol. The summed E-state index contributed by atoms with van der Waals surface area (Å²) in [4.78, 5) is 2.81. The Bertz CT molecular complexity index is 346. The summed E-state index contributed by atoms with van der Waals surface area (Å²) in [5, 5.41) is 3.57. The SMILES string of the molecule is CSc1ccc(CC2CCCN2)c(SC)c1. The molecule has 88 valence electrons. The molecule has 0 amide bonds. The maximum absolute atomic E-state index is 3.57. The molecule has 1 nitrogen and oxygen atoms in total. The minimum atomic E-state index is 0.700. The van der Waals surface area contributed by atoms with E-state index >= 15 is 0 Å². The highest BCUT2D eigenvalue weighted by Gasteiger charge is 2.15. The molecule has 0 saturated carbocycles. The predicted octanol–water partition coefficient (Wildman–Crippen LogP) is 3.42. The zero-order valence-electron chi connectivity index (χ0n) is 9.95. The van der Waals surface area contributed by atoms with Crippen molar-refractivity contribution in [1.29, 1.82) is 0 Å². The molecule has 1 aromatic rings. The van der Waals surface area contributed by atoms with Gasteiger partial charge >= 0.3 is 0 Å². The third kappa shape index (κ3) is 2.96. The average molecular weight is 253 g/mol. The van der Waals surface area contributed by atoms with E-state index in [-0.39, 0.29) is 0 Å². The first-order chi connectivity index (χ1) is 7.83. The Hall–Kier alpha value is -0.120. The number of nitrogens with one attached hydrogen (secondary N) is 1. The molecular weight excluding hydrogens is 234 g/mol. The van der Waals surface area contributed by atoms with Crippen LogP contribution in [0, 0.1) is 0 Å². The lowest BCUT2D eigenvalue weighted by molar-refractivity contribution is 0.598. The lowest BCUT2D eigenvalue weighted by Crippen LogP contribution is -2.23. The van der Waals surface area contributed by atoms with Crippen LogP contribution in [0.2, 0.25) is 0 Å². The molecule has 1 unspecified atom stereocenters. The molecule has 0 spiro atoms. The first-order valence-electron chi connectivity index (χ1n) is 5.78. The van der Waals surface area contributed by atoms with Gasteiger partial charge in [0.1, 0.15) is 0 Å². The molecule has 1 aliphatic heterocycles. The minimum absolute atomic E-state index is 0.700. The molecule has 1 fully saturated rings. The second-order valence-corrected chi connectivity index (χ2v) is 5.90. The number of hydrogen-bond donors (Lipinski definition) is 1. The van der Waals surface area contributed by atoms with Crippen LogP contribution >= 0.6 is 23.5 Å². The zero-order valence-corrected chi connectivity index (χ0v) is 11.6. The van der Waals surface area contributed by atoms with Crippen LogP contribution in [-0.2, 0) is 6.42 Å². The molecule has 1 aliphatic rings. The Morgan fingerprint density at radius 2 is 2.19 bits per heavy atom. The van der Waals surface area contributed by atoms with Crippen molar-refractivity contribution in [2.45, 2.75) is 35.1 Å². The smallest absolute Gasteiger partial charge is 0.0113 e. The van der Waals surface area contributed by atoms with Crippen LogP contribution in [0.3, 0.4) is 0 Å². The van der Waals surface area contributed by atoms with Gasteiger partial charge in [-0.05, 0) is 56.0 Å². The number of rotatable bonds is 4. The van der Waals surface area contributed by atoms with Gasteiger partial charge in [-0.1, -0.05) is 6.07 Å². The molecule has 0 bridgehead atoms. The molecule has 0 radical (unpaired) electrons. The van der Waals surface area contributed by atoms with E-state index in [0.29, 0.717) is 6.04 Å². The summed E-state index contributed by atoms with van der Waals surface area (Å²) in [5.74, 6) is 0. The second-order valence-electron chi connectivity index (χ2n) is 4.18.